The number of allylic oxidation sites excluding steroid dienone is 1. The molecule has 0 saturated heterocycles. The third-order valence-electron chi connectivity index (χ3n) is 8.13. The van der Waals surface area contributed by atoms with E-state index in [1.165, 1.54) is 55.4 Å². The maximum atomic E-state index is 13.3. The summed E-state index contributed by atoms with van der Waals surface area (Å²) in [6.45, 7) is 3.04. The first-order chi connectivity index (χ1) is 20.2. The minimum atomic E-state index is -1.06. The van der Waals surface area contributed by atoms with Gasteiger partial charge in [0.1, 0.15) is 29.6 Å². The van der Waals surface area contributed by atoms with E-state index in [4.69, 9.17) is 4.52 Å². The zero-order valence-electron chi connectivity index (χ0n) is 24.3. The van der Waals surface area contributed by atoms with Crippen molar-refractivity contribution in [2.24, 2.45) is 11.8 Å². The number of nitrogens with zero attached hydrogens (tertiary/aromatic N) is 2. The number of fused-ring (bicyclic) bond motifs is 2. The highest BCUT2D eigenvalue weighted by Gasteiger charge is 2.36. The van der Waals surface area contributed by atoms with Crippen molar-refractivity contribution in [2.75, 3.05) is 12.4 Å². The van der Waals surface area contributed by atoms with Crippen LogP contribution in [0.4, 0.5) is 5.69 Å². The van der Waals surface area contributed by atoms with E-state index in [1.807, 2.05) is 0 Å². The van der Waals surface area contributed by atoms with Crippen molar-refractivity contribution >= 4 is 29.4 Å². The number of ether oxygens (including phenoxy) is 1. The van der Waals surface area contributed by atoms with E-state index < -0.39 is 29.4 Å². The van der Waals surface area contributed by atoms with Gasteiger partial charge in [-0.2, -0.15) is 0 Å². The minimum Gasteiger partial charge on any atom is -0.466 e. The monoisotopic (exact) mass is 581 g/mol. The fourth-order valence-electron chi connectivity index (χ4n) is 6.01. The molecule has 2 bridgehead atoms. The van der Waals surface area contributed by atoms with Crippen molar-refractivity contribution in [3.63, 3.8) is 0 Å². The average Bonchev–Trinajstić information content (AvgIpc) is 3.39. The van der Waals surface area contributed by atoms with Gasteiger partial charge in [0.2, 0.25) is 11.8 Å². The average molecular weight is 582 g/mol. The van der Waals surface area contributed by atoms with Gasteiger partial charge in [-0.3, -0.25) is 19.2 Å². The molecule has 4 atom stereocenters. The summed E-state index contributed by atoms with van der Waals surface area (Å²) >= 11 is 0. The summed E-state index contributed by atoms with van der Waals surface area (Å²) in [4.78, 5) is 63.8. The number of amides is 3. The predicted octanol–water partition coefficient (Wildman–Crippen LogP) is 2.78. The third kappa shape index (κ3) is 7.74. The molecule has 3 N–H and O–H groups in total. The van der Waals surface area contributed by atoms with Crippen LogP contribution in [0.25, 0.3) is 0 Å². The lowest BCUT2D eigenvalue weighted by molar-refractivity contribution is -0.134. The molecule has 3 amide bonds. The molecule has 12 nitrogen and oxygen atoms in total. The number of carbonyl (C=O) groups is 4. The van der Waals surface area contributed by atoms with Gasteiger partial charge in [0.15, 0.2) is 0 Å². The van der Waals surface area contributed by atoms with Gasteiger partial charge in [-0.1, -0.05) is 30.5 Å². The lowest BCUT2D eigenvalue weighted by atomic mass is 9.96. The molecule has 42 heavy (non-hydrogen) atoms. The van der Waals surface area contributed by atoms with E-state index in [0.29, 0.717) is 23.3 Å². The molecule has 2 saturated carbocycles. The van der Waals surface area contributed by atoms with Crippen LogP contribution in [0, 0.1) is 25.7 Å². The van der Waals surface area contributed by atoms with E-state index >= 15 is 0 Å². The van der Waals surface area contributed by atoms with Crippen LogP contribution in [0.3, 0.4) is 0 Å². The first-order valence-corrected chi connectivity index (χ1v) is 14.4. The molecular weight excluding hydrogens is 542 g/mol. The Bertz CT molecular complexity index is 1380. The first-order valence-electron chi connectivity index (χ1n) is 14.4. The molecule has 2 aromatic heterocycles. The zero-order chi connectivity index (χ0) is 30.2. The number of hydrogen-bond acceptors (Lipinski definition) is 8. The molecule has 2 aliphatic carbocycles. The lowest BCUT2D eigenvalue weighted by Gasteiger charge is -2.22. The zero-order valence-corrected chi connectivity index (χ0v) is 24.3. The van der Waals surface area contributed by atoms with Crippen LogP contribution in [0.15, 0.2) is 39.8 Å². The maximum absolute atomic E-state index is 13.3. The van der Waals surface area contributed by atoms with Crippen LogP contribution in [0.1, 0.15) is 73.2 Å². The summed E-state index contributed by atoms with van der Waals surface area (Å²) < 4.78 is 10.9. The van der Waals surface area contributed by atoms with Gasteiger partial charge >= 0.3 is 5.97 Å². The molecule has 226 valence electrons. The Balaban J connectivity index is 1.43. The van der Waals surface area contributed by atoms with Gasteiger partial charge in [-0.15, -0.1) is 0 Å². The Morgan fingerprint density at radius 1 is 1.19 bits per heavy atom. The first kappa shape index (κ1) is 30.7. The fraction of sp³-hybridized carbons (Fsp3) is 0.533. The Hall–Kier alpha value is -4.22. The SMILES string of the molecule is COC(=O)/C=C/CC[C@H](NC(=O)c1c(C)noc1C)C(=O)Nc1cccn(CC(=O)NC2CC3CCCCC2C3)c1=O. The Morgan fingerprint density at radius 2 is 1.98 bits per heavy atom. The molecule has 0 aromatic carbocycles. The summed E-state index contributed by atoms with van der Waals surface area (Å²) in [5, 5.41) is 12.2. The molecule has 0 radical (unpaired) electrons. The van der Waals surface area contributed by atoms with Gasteiger partial charge in [0.25, 0.3) is 11.5 Å². The molecule has 2 aliphatic rings. The number of carbonyl (C=O) groups excluding carboxylic acids is 4. The normalized spacial score (nSPS) is 20.5. The summed E-state index contributed by atoms with van der Waals surface area (Å²) in [6.07, 6.45) is 11.6. The summed E-state index contributed by atoms with van der Waals surface area (Å²) in [7, 11) is 1.25. The number of hydrogen-bond donors (Lipinski definition) is 3. The molecule has 4 rings (SSSR count). The second-order valence-corrected chi connectivity index (χ2v) is 11.1. The standard InChI is InChI=1S/C30H39N5O7/c1-18-27(19(2)42-34-18)29(39)32-22(11-6-7-13-26(37)41-3)28(38)33-23-12-8-14-35(30(23)40)17-25(36)31-24-16-20-9-4-5-10-21(24)15-20/h7-8,12-14,20-22,24H,4-6,9-11,15-17H2,1-3H3,(H,31,36)(H,32,39)(H,33,38)/b13-7+/t20?,21?,22-,24?/m0/s1. The van der Waals surface area contributed by atoms with Gasteiger partial charge in [0.05, 0.1) is 12.8 Å². The van der Waals surface area contributed by atoms with Crippen LogP contribution in [-0.2, 0) is 25.7 Å². The molecular formula is C30H39N5O7. The van der Waals surface area contributed by atoms with Gasteiger partial charge in [0, 0.05) is 18.3 Å². The van der Waals surface area contributed by atoms with Gasteiger partial charge in [-0.05, 0) is 69.9 Å². The van der Waals surface area contributed by atoms with Crippen molar-refractivity contribution in [1.29, 1.82) is 0 Å². The van der Waals surface area contributed by atoms with Crippen molar-refractivity contribution in [2.45, 2.75) is 83.8 Å². The van der Waals surface area contributed by atoms with Crippen molar-refractivity contribution in [1.82, 2.24) is 20.4 Å². The fourth-order valence-corrected chi connectivity index (χ4v) is 6.01. The molecule has 12 heteroatoms. The second-order valence-electron chi connectivity index (χ2n) is 11.1. The van der Waals surface area contributed by atoms with Crippen molar-refractivity contribution < 1.29 is 28.4 Å². The summed E-state index contributed by atoms with van der Waals surface area (Å²) in [5.41, 5.74) is 0.0259. The Kier molecular flexibility index (Phi) is 10.3. The molecule has 2 heterocycles. The number of aromatic nitrogens is 2. The largest absolute Gasteiger partial charge is 0.466 e. The van der Waals surface area contributed by atoms with Crippen LogP contribution < -0.4 is 21.5 Å². The van der Waals surface area contributed by atoms with Crippen molar-refractivity contribution in [3.05, 3.63) is 57.9 Å². The van der Waals surface area contributed by atoms with E-state index in [1.54, 1.807) is 19.9 Å². The molecule has 2 aromatic rings. The number of nitrogens with one attached hydrogen (secondary N) is 3. The number of rotatable bonds is 11. The van der Waals surface area contributed by atoms with Crippen LogP contribution >= 0.6 is 0 Å². The number of esters is 1. The number of methoxy groups -OCH3 is 1. The van der Waals surface area contributed by atoms with E-state index in [2.05, 4.69) is 25.8 Å². The number of anilines is 1. The summed E-state index contributed by atoms with van der Waals surface area (Å²) in [6, 6.07) is 2.10. The Labute approximate surface area is 244 Å². The van der Waals surface area contributed by atoms with Crippen molar-refractivity contribution in [3.8, 4) is 0 Å². The topological polar surface area (TPSA) is 162 Å². The van der Waals surface area contributed by atoms with E-state index in [0.717, 1.165) is 19.3 Å². The Morgan fingerprint density at radius 3 is 2.71 bits per heavy atom. The highest BCUT2D eigenvalue weighted by Crippen LogP contribution is 2.40. The van der Waals surface area contributed by atoms with Crippen LogP contribution in [0.5, 0.6) is 0 Å². The summed E-state index contributed by atoms with van der Waals surface area (Å²) in [5.74, 6) is -0.520. The molecule has 3 unspecified atom stereocenters. The van der Waals surface area contributed by atoms with E-state index in [9.17, 15) is 24.0 Å². The van der Waals surface area contributed by atoms with Crippen LogP contribution in [0.2, 0.25) is 0 Å². The maximum Gasteiger partial charge on any atom is 0.330 e. The van der Waals surface area contributed by atoms with Crippen LogP contribution in [-0.4, -0.2) is 52.6 Å². The van der Waals surface area contributed by atoms with E-state index in [-0.39, 0.29) is 42.6 Å². The van der Waals surface area contributed by atoms with Gasteiger partial charge < -0.3 is 29.8 Å². The molecule has 0 aliphatic heterocycles. The smallest absolute Gasteiger partial charge is 0.330 e. The predicted molar refractivity (Wildman–Crippen MR) is 154 cm³/mol. The number of aryl methyl sites for hydroxylation is 2. The minimum absolute atomic E-state index is 0.0230. The highest BCUT2D eigenvalue weighted by atomic mass is 16.5. The lowest BCUT2D eigenvalue weighted by Crippen LogP contribution is -2.45. The molecule has 2 fully saturated rings. The second kappa shape index (κ2) is 14.1. The quantitative estimate of drug-likeness (QED) is 0.270. The van der Waals surface area contributed by atoms with Gasteiger partial charge in [-0.25, -0.2) is 4.79 Å². The molecule has 0 spiro atoms. The number of pyridine rings is 1. The highest BCUT2D eigenvalue weighted by molar-refractivity contribution is 6.02. The third-order valence-corrected chi connectivity index (χ3v) is 8.13.